The maximum absolute atomic E-state index is 5.78. The number of hydrogen-bond acceptors (Lipinski definition) is 3. The Labute approximate surface area is 86.1 Å². The van der Waals surface area contributed by atoms with Crippen LogP contribution in [0.3, 0.4) is 0 Å². The lowest BCUT2D eigenvalue weighted by Gasteiger charge is -1.97. The summed E-state index contributed by atoms with van der Waals surface area (Å²) in [6.07, 6.45) is 0. The summed E-state index contributed by atoms with van der Waals surface area (Å²) >= 11 is 1.77. The third kappa shape index (κ3) is 1.56. The number of aromatic nitrogens is 2. The van der Waals surface area contributed by atoms with Gasteiger partial charge in [-0.25, -0.2) is 4.57 Å². The number of halogens is 1. The van der Waals surface area contributed by atoms with Gasteiger partial charge in [-0.3, -0.25) is 0 Å². The Morgan fingerprint density at radius 2 is 2.42 bits per heavy atom. The summed E-state index contributed by atoms with van der Waals surface area (Å²) in [4.78, 5) is 4.36. The lowest BCUT2D eigenvalue weighted by atomic mass is 10.4. The molecule has 12 heavy (non-hydrogen) atoms. The van der Waals surface area contributed by atoms with Crippen LogP contribution in [0.1, 0.15) is 5.69 Å². The molecule has 1 aliphatic rings. The molecule has 0 saturated heterocycles. The molecule has 1 aromatic heterocycles. The molecule has 3 nitrogen and oxygen atoms in total. The van der Waals surface area contributed by atoms with Crippen LogP contribution in [0.15, 0.2) is 11.2 Å². The van der Waals surface area contributed by atoms with Crippen molar-refractivity contribution in [1.29, 1.82) is 0 Å². The molecule has 0 spiro atoms. The minimum absolute atomic E-state index is 0. The number of fused-ring (bicyclic) bond motifs is 1. The highest BCUT2D eigenvalue weighted by Crippen LogP contribution is 2.18. The van der Waals surface area contributed by atoms with E-state index >= 15 is 0 Å². The topological polar surface area (TPSA) is 42.8 Å². The second kappa shape index (κ2) is 3.62. The third-order valence-corrected chi connectivity index (χ3v) is 2.67. The van der Waals surface area contributed by atoms with Crippen LogP contribution in [0.2, 0.25) is 0 Å². The number of hydrogen-bond donors (Lipinski definition) is 1. The molecule has 0 radical (unpaired) electrons. The number of rotatable bonds is 0. The molecular formula is C7H10BrN3S. The maximum atomic E-state index is 5.78. The fraction of sp³-hybridized carbons (Fsp3) is 0.429. The summed E-state index contributed by atoms with van der Waals surface area (Å²) in [5.74, 6) is 1.93. The van der Waals surface area contributed by atoms with Crippen molar-refractivity contribution in [3.05, 3.63) is 11.8 Å². The van der Waals surface area contributed by atoms with Crippen molar-refractivity contribution < 1.29 is 21.5 Å². The molecule has 1 aliphatic heterocycles. The zero-order valence-electron chi connectivity index (χ0n) is 6.75. The van der Waals surface area contributed by atoms with E-state index in [1.807, 2.05) is 13.0 Å². The highest BCUT2D eigenvalue weighted by Gasteiger charge is 2.20. The largest absolute Gasteiger partial charge is 1.00 e. The van der Waals surface area contributed by atoms with E-state index < -0.39 is 0 Å². The van der Waals surface area contributed by atoms with E-state index in [4.69, 9.17) is 5.73 Å². The Kier molecular flexibility index (Phi) is 2.95. The molecule has 0 unspecified atom stereocenters. The van der Waals surface area contributed by atoms with Crippen molar-refractivity contribution in [2.45, 2.75) is 18.6 Å². The quantitative estimate of drug-likeness (QED) is 0.403. The molecule has 1 aromatic rings. The van der Waals surface area contributed by atoms with Crippen LogP contribution < -0.4 is 27.3 Å². The van der Waals surface area contributed by atoms with Gasteiger partial charge >= 0.3 is 0 Å². The molecule has 0 saturated carbocycles. The fourth-order valence-electron chi connectivity index (χ4n) is 1.21. The van der Waals surface area contributed by atoms with Crippen LogP contribution in [0.25, 0.3) is 0 Å². The van der Waals surface area contributed by atoms with Gasteiger partial charge in [-0.05, 0) is 18.7 Å². The first-order chi connectivity index (χ1) is 5.27. The van der Waals surface area contributed by atoms with Gasteiger partial charge in [-0.15, -0.1) is 4.98 Å². The molecule has 5 heteroatoms. The SMILES string of the molecule is Cc1cc(N)[n+]2c(n1)SCC2.[Br-]. The average Bonchev–Trinajstić information content (AvgIpc) is 2.34. The van der Waals surface area contributed by atoms with Crippen LogP contribution in [0.5, 0.6) is 0 Å². The molecule has 0 bridgehead atoms. The third-order valence-electron chi connectivity index (χ3n) is 1.72. The maximum Gasteiger partial charge on any atom is 0.298 e. The second-order valence-electron chi connectivity index (χ2n) is 2.61. The first kappa shape index (κ1) is 9.80. The molecule has 0 fully saturated rings. The van der Waals surface area contributed by atoms with E-state index in [9.17, 15) is 0 Å². The predicted octanol–water partition coefficient (Wildman–Crippen LogP) is -2.63. The molecule has 2 N–H and O–H groups in total. The van der Waals surface area contributed by atoms with E-state index in [0.29, 0.717) is 0 Å². The van der Waals surface area contributed by atoms with Gasteiger partial charge in [0.1, 0.15) is 5.69 Å². The van der Waals surface area contributed by atoms with Gasteiger partial charge in [0.2, 0.25) is 5.82 Å². The highest BCUT2D eigenvalue weighted by molar-refractivity contribution is 7.99. The van der Waals surface area contributed by atoms with Crippen molar-refractivity contribution in [3.63, 3.8) is 0 Å². The zero-order valence-corrected chi connectivity index (χ0v) is 9.15. The van der Waals surface area contributed by atoms with Gasteiger partial charge in [-0.1, -0.05) is 0 Å². The Hall–Kier alpha value is -0.290. The monoisotopic (exact) mass is 247 g/mol. The van der Waals surface area contributed by atoms with E-state index in [2.05, 4.69) is 9.55 Å². The predicted molar refractivity (Wildman–Crippen MR) is 44.3 cm³/mol. The summed E-state index contributed by atoms with van der Waals surface area (Å²) in [6.45, 7) is 2.97. The van der Waals surface area contributed by atoms with Gasteiger partial charge < -0.3 is 22.7 Å². The number of anilines is 1. The van der Waals surface area contributed by atoms with Gasteiger partial charge in [0.25, 0.3) is 5.16 Å². The molecule has 2 rings (SSSR count). The number of thioether (sulfide) groups is 1. The van der Waals surface area contributed by atoms with Gasteiger partial charge in [-0.2, -0.15) is 0 Å². The summed E-state index contributed by atoms with van der Waals surface area (Å²) in [5.41, 5.74) is 6.79. The molecule has 66 valence electrons. The van der Waals surface area contributed by atoms with Crippen molar-refractivity contribution in [2.75, 3.05) is 11.5 Å². The molecule has 2 heterocycles. The summed E-state index contributed by atoms with van der Waals surface area (Å²) < 4.78 is 2.05. The molecule has 0 aromatic carbocycles. The average molecular weight is 248 g/mol. The number of nitrogens with zero attached hydrogens (tertiary/aromatic N) is 2. The first-order valence-electron chi connectivity index (χ1n) is 3.57. The molecular weight excluding hydrogens is 238 g/mol. The Balaban J connectivity index is 0.000000720. The van der Waals surface area contributed by atoms with Crippen molar-refractivity contribution in [3.8, 4) is 0 Å². The van der Waals surface area contributed by atoms with E-state index in [-0.39, 0.29) is 17.0 Å². The second-order valence-corrected chi connectivity index (χ2v) is 3.67. The van der Waals surface area contributed by atoms with Crippen LogP contribution >= 0.6 is 11.8 Å². The van der Waals surface area contributed by atoms with E-state index in [1.54, 1.807) is 11.8 Å². The number of aryl methyl sites for hydroxylation is 1. The van der Waals surface area contributed by atoms with E-state index in [1.165, 1.54) is 0 Å². The summed E-state index contributed by atoms with van der Waals surface area (Å²) in [6, 6.07) is 1.91. The van der Waals surface area contributed by atoms with Crippen molar-refractivity contribution in [2.24, 2.45) is 0 Å². The van der Waals surface area contributed by atoms with Crippen molar-refractivity contribution in [1.82, 2.24) is 4.98 Å². The standard InChI is InChI=1S/C7H9N3S.BrH/c1-5-4-6(8)10-2-3-11-7(10)9-5;/h4,8H,2-3H2,1H3;1H. The zero-order chi connectivity index (χ0) is 7.84. The lowest BCUT2D eigenvalue weighted by molar-refractivity contribution is -0.713. The van der Waals surface area contributed by atoms with E-state index in [0.717, 1.165) is 29.0 Å². The Bertz CT molecular complexity index is 303. The smallest absolute Gasteiger partial charge is 0.298 e. The molecule has 0 atom stereocenters. The Morgan fingerprint density at radius 3 is 3.17 bits per heavy atom. The highest BCUT2D eigenvalue weighted by atomic mass is 79.9. The minimum atomic E-state index is 0. The summed E-state index contributed by atoms with van der Waals surface area (Å²) in [5, 5.41) is 1.06. The van der Waals surface area contributed by atoms with Crippen LogP contribution in [-0.4, -0.2) is 10.7 Å². The van der Waals surface area contributed by atoms with Gasteiger partial charge in [0.05, 0.1) is 6.54 Å². The fourth-order valence-corrected chi connectivity index (χ4v) is 2.23. The first-order valence-corrected chi connectivity index (χ1v) is 4.56. The summed E-state index contributed by atoms with van der Waals surface area (Å²) in [7, 11) is 0. The van der Waals surface area contributed by atoms with Crippen molar-refractivity contribution >= 4 is 17.6 Å². The Morgan fingerprint density at radius 1 is 1.67 bits per heavy atom. The van der Waals surface area contributed by atoms with Crippen LogP contribution in [-0.2, 0) is 6.54 Å². The van der Waals surface area contributed by atoms with Crippen LogP contribution in [0.4, 0.5) is 5.82 Å². The molecule has 0 aliphatic carbocycles. The number of nitrogen functional groups attached to an aromatic ring is 1. The van der Waals surface area contributed by atoms with Gasteiger partial charge in [0, 0.05) is 11.8 Å². The number of nitrogens with two attached hydrogens (primary N) is 1. The lowest BCUT2D eigenvalue weighted by Crippen LogP contribution is -3.00. The van der Waals surface area contributed by atoms with Crippen LogP contribution in [0, 0.1) is 6.92 Å². The molecule has 0 amide bonds. The van der Waals surface area contributed by atoms with Gasteiger partial charge in [0.15, 0.2) is 0 Å². The normalized spacial score (nSPS) is 13.8. The minimum Gasteiger partial charge on any atom is -1.00 e.